The predicted octanol–water partition coefficient (Wildman–Crippen LogP) is 3.22. The van der Waals surface area contributed by atoms with Gasteiger partial charge in [0.25, 0.3) is 5.91 Å². The fourth-order valence-electron chi connectivity index (χ4n) is 4.48. The van der Waals surface area contributed by atoms with Gasteiger partial charge in [0, 0.05) is 55.9 Å². The highest BCUT2D eigenvalue weighted by molar-refractivity contribution is 6.10. The fourth-order valence-corrected chi connectivity index (χ4v) is 4.48. The Bertz CT molecular complexity index is 816. The van der Waals surface area contributed by atoms with Crippen molar-refractivity contribution in [2.24, 2.45) is 0 Å². The molecule has 1 spiro atoms. The third-order valence-electron chi connectivity index (χ3n) is 6.18. The molecule has 0 aromatic heterocycles. The Balaban J connectivity index is 1.70. The summed E-state index contributed by atoms with van der Waals surface area (Å²) in [4.78, 5) is 19.9. The van der Waals surface area contributed by atoms with Crippen molar-refractivity contribution in [1.29, 1.82) is 0 Å². The lowest BCUT2D eigenvalue weighted by Gasteiger charge is -2.55. The molecule has 2 fully saturated rings. The maximum absolute atomic E-state index is 13.3. The maximum Gasteiger partial charge on any atom is 0.254 e. The summed E-state index contributed by atoms with van der Waals surface area (Å²) in [5, 5.41) is 2.20. The van der Waals surface area contributed by atoms with Gasteiger partial charge in [-0.3, -0.25) is 9.69 Å². The van der Waals surface area contributed by atoms with Crippen molar-refractivity contribution in [3.05, 3.63) is 42.0 Å². The molecule has 0 bridgehead atoms. The summed E-state index contributed by atoms with van der Waals surface area (Å²) in [5.41, 5.74) is 2.22. The summed E-state index contributed by atoms with van der Waals surface area (Å²) >= 11 is 0. The quantitative estimate of drug-likeness (QED) is 0.842. The molecule has 4 nitrogen and oxygen atoms in total. The molecule has 25 heavy (non-hydrogen) atoms. The van der Waals surface area contributed by atoms with Crippen LogP contribution < -0.4 is 4.90 Å². The number of anilines is 1. The van der Waals surface area contributed by atoms with E-state index in [-0.39, 0.29) is 11.4 Å². The van der Waals surface area contributed by atoms with E-state index in [0.717, 1.165) is 48.1 Å². The van der Waals surface area contributed by atoms with Crippen molar-refractivity contribution in [3.8, 4) is 0 Å². The predicted molar refractivity (Wildman–Crippen MR) is 103 cm³/mol. The Morgan fingerprint density at radius 2 is 1.80 bits per heavy atom. The van der Waals surface area contributed by atoms with Crippen LogP contribution in [0.5, 0.6) is 0 Å². The highest BCUT2D eigenvalue weighted by Crippen LogP contribution is 2.38. The zero-order valence-electron chi connectivity index (χ0n) is 15.5. The van der Waals surface area contributed by atoms with E-state index in [2.05, 4.69) is 39.9 Å². The maximum atomic E-state index is 13.3. The van der Waals surface area contributed by atoms with Crippen LogP contribution in [0.1, 0.15) is 29.6 Å². The summed E-state index contributed by atoms with van der Waals surface area (Å²) in [6, 6.07) is 12.3. The number of fused-ring (bicyclic) bond motifs is 1. The zero-order chi connectivity index (χ0) is 17.6. The van der Waals surface area contributed by atoms with Crippen molar-refractivity contribution in [1.82, 2.24) is 9.80 Å². The number of carbonyl (C=O) groups is 1. The monoisotopic (exact) mass is 337 g/mol. The minimum absolute atomic E-state index is 0.181. The highest BCUT2D eigenvalue weighted by Gasteiger charge is 2.46. The molecule has 0 aliphatic carbocycles. The summed E-state index contributed by atoms with van der Waals surface area (Å²) in [7, 11) is 6.28. The van der Waals surface area contributed by atoms with Gasteiger partial charge in [0.1, 0.15) is 0 Å². The first kappa shape index (κ1) is 16.4. The summed E-state index contributed by atoms with van der Waals surface area (Å²) in [6.07, 6.45) is 3.53. The SMILES string of the molecule is CN(C)c1ccc(C(=O)N2CCC[C@@]3(CCN3C)C2)c2ccccc12. The molecule has 2 saturated heterocycles. The number of amides is 1. The minimum Gasteiger partial charge on any atom is -0.377 e. The highest BCUT2D eigenvalue weighted by atomic mass is 16.2. The summed E-state index contributed by atoms with van der Waals surface area (Å²) in [6.45, 7) is 2.90. The van der Waals surface area contributed by atoms with Crippen LogP contribution in [0.25, 0.3) is 10.8 Å². The topological polar surface area (TPSA) is 26.8 Å². The Labute approximate surface area is 150 Å². The van der Waals surface area contributed by atoms with Gasteiger partial charge in [-0.15, -0.1) is 0 Å². The van der Waals surface area contributed by atoms with Crippen molar-refractivity contribution in [3.63, 3.8) is 0 Å². The van der Waals surface area contributed by atoms with Crippen LogP contribution >= 0.6 is 0 Å². The Hall–Kier alpha value is -2.07. The third-order valence-corrected chi connectivity index (χ3v) is 6.18. The van der Waals surface area contributed by atoms with Gasteiger partial charge in [0.05, 0.1) is 0 Å². The molecule has 1 atom stereocenters. The lowest BCUT2D eigenvalue weighted by atomic mass is 9.78. The van der Waals surface area contributed by atoms with Crippen LogP contribution in [0.4, 0.5) is 5.69 Å². The fraction of sp³-hybridized carbons (Fsp3) is 0.476. The van der Waals surface area contributed by atoms with Gasteiger partial charge >= 0.3 is 0 Å². The van der Waals surface area contributed by atoms with E-state index >= 15 is 0 Å². The number of rotatable bonds is 2. The average Bonchev–Trinajstić information content (AvgIpc) is 2.65. The van der Waals surface area contributed by atoms with Crippen LogP contribution in [-0.4, -0.2) is 62.0 Å². The molecule has 2 aliphatic heterocycles. The molecule has 0 saturated carbocycles. The van der Waals surface area contributed by atoms with Gasteiger partial charge in [0.15, 0.2) is 0 Å². The molecule has 2 heterocycles. The largest absolute Gasteiger partial charge is 0.377 e. The number of nitrogens with zero attached hydrogens (tertiary/aromatic N) is 3. The van der Waals surface area contributed by atoms with E-state index in [4.69, 9.17) is 0 Å². The van der Waals surface area contributed by atoms with Crippen LogP contribution in [-0.2, 0) is 0 Å². The molecule has 0 radical (unpaired) electrons. The second-order valence-electron chi connectivity index (χ2n) is 7.80. The van der Waals surface area contributed by atoms with Gasteiger partial charge in [0.2, 0.25) is 0 Å². The molecule has 2 aromatic rings. The molecule has 0 unspecified atom stereocenters. The molecule has 2 aliphatic rings. The van der Waals surface area contributed by atoms with Gasteiger partial charge in [-0.05, 0) is 43.8 Å². The van der Waals surface area contributed by atoms with E-state index in [0.29, 0.717) is 0 Å². The standard InChI is InChI=1S/C21H27N3O/c1-22(2)19-10-9-18(16-7-4-5-8-17(16)19)20(25)24-13-6-11-21(15-24)12-14-23(21)3/h4-5,7-10H,6,11-15H2,1-3H3/t21-/m1/s1. The Morgan fingerprint density at radius 1 is 1.04 bits per heavy atom. The molecule has 4 heteroatoms. The number of likely N-dealkylation sites (tertiary alicyclic amines) is 2. The lowest BCUT2D eigenvalue weighted by Crippen LogP contribution is -2.66. The molecule has 132 valence electrons. The van der Waals surface area contributed by atoms with E-state index in [9.17, 15) is 4.79 Å². The van der Waals surface area contributed by atoms with E-state index in [1.54, 1.807) is 0 Å². The molecule has 4 rings (SSSR count). The molecular formula is C21H27N3O. The molecule has 1 amide bonds. The van der Waals surface area contributed by atoms with Crippen LogP contribution in [0, 0.1) is 0 Å². The van der Waals surface area contributed by atoms with Crippen molar-refractivity contribution < 1.29 is 4.79 Å². The third kappa shape index (κ3) is 2.60. The van der Waals surface area contributed by atoms with Gasteiger partial charge < -0.3 is 9.80 Å². The zero-order valence-corrected chi connectivity index (χ0v) is 15.5. The lowest BCUT2D eigenvalue weighted by molar-refractivity contribution is -0.0408. The van der Waals surface area contributed by atoms with Gasteiger partial charge in [-0.25, -0.2) is 0 Å². The number of hydrogen-bond acceptors (Lipinski definition) is 3. The van der Waals surface area contributed by atoms with Gasteiger partial charge in [-0.2, -0.15) is 0 Å². The van der Waals surface area contributed by atoms with E-state index in [1.165, 1.54) is 12.8 Å². The van der Waals surface area contributed by atoms with Crippen LogP contribution in [0.2, 0.25) is 0 Å². The van der Waals surface area contributed by atoms with Gasteiger partial charge in [-0.1, -0.05) is 24.3 Å². The Morgan fingerprint density at radius 3 is 2.44 bits per heavy atom. The minimum atomic E-state index is 0.181. The number of piperidine rings is 1. The first-order chi connectivity index (χ1) is 12.0. The number of benzene rings is 2. The van der Waals surface area contributed by atoms with E-state index in [1.807, 2.05) is 32.3 Å². The second-order valence-corrected chi connectivity index (χ2v) is 7.80. The normalized spacial score (nSPS) is 23.7. The van der Waals surface area contributed by atoms with Crippen LogP contribution in [0.15, 0.2) is 36.4 Å². The Kier molecular flexibility index (Phi) is 3.95. The average molecular weight is 337 g/mol. The van der Waals surface area contributed by atoms with Crippen LogP contribution in [0.3, 0.4) is 0 Å². The van der Waals surface area contributed by atoms with Crippen molar-refractivity contribution in [2.75, 3.05) is 45.7 Å². The first-order valence-corrected chi connectivity index (χ1v) is 9.21. The molecule has 0 N–H and O–H groups in total. The summed E-state index contributed by atoms with van der Waals surface area (Å²) < 4.78 is 0. The molecule has 2 aromatic carbocycles. The second kappa shape index (κ2) is 6.03. The first-order valence-electron chi connectivity index (χ1n) is 9.21. The number of likely N-dealkylation sites (N-methyl/N-ethyl adjacent to an activating group) is 1. The number of carbonyl (C=O) groups excluding carboxylic acids is 1. The summed E-state index contributed by atoms with van der Waals surface area (Å²) in [5.74, 6) is 0.181. The number of hydrogen-bond donors (Lipinski definition) is 0. The van der Waals surface area contributed by atoms with E-state index < -0.39 is 0 Å². The smallest absolute Gasteiger partial charge is 0.254 e. The molecular weight excluding hydrogens is 310 g/mol. The van der Waals surface area contributed by atoms with Crippen molar-refractivity contribution >= 4 is 22.4 Å². The van der Waals surface area contributed by atoms with Crippen molar-refractivity contribution in [2.45, 2.75) is 24.8 Å².